The van der Waals surface area contributed by atoms with E-state index in [2.05, 4.69) is 0 Å². The zero-order valence-electron chi connectivity index (χ0n) is 8.72. The van der Waals surface area contributed by atoms with Crippen LogP contribution in [0.1, 0.15) is 0 Å². The standard InChI is InChI=1S/C12H8BClO2S/c14-8-2-3-9-10-5-7(13(15)16)1-4-11(10)17-12(9)6-8/h1-6,15-16H. The van der Waals surface area contributed by atoms with Gasteiger partial charge in [-0.2, -0.15) is 0 Å². The molecule has 1 heterocycles. The molecular weight excluding hydrogens is 254 g/mol. The summed E-state index contributed by atoms with van der Waals surface area (Å²) in [5.74, 6) is 0. The fourth-order valence-electron chi connectivity index (χ4n) is 1.93. The summed E-state index contributed by atoms with van der Waals surface area (Å²) < 4.78 is 2.23. The first-order valence-corrected chi connectivity index (χ1v) is 6.32. The lowest BCUT2D eigenvalue weighted by Crippen LogP contribution is -2.29. The van der Waals surface area contributed by atoms with Crippen LogP contribution >= 0.6 is 22.9 Å². The summed E-state index contributed by atoms with van der Waals surface area (Å²) in [5.41, 5.74) is 0.507. The second kappa shape index (κ2) is 4.00. The Labute approximate surface area is 107 Å². The number of hydrogen-bond acceptors (Lipinski definition) is 3. The normalized spacial score (nSPS) is 11.2. The maximum Gasteiger partial charge on any atom is 0.488 e. The lowest BCUT2D eigenvalue weighted by molar-refractivity contribution is 0.426. The van der Waals surface area contributed by atoms with Crippen molar-refractivity contribution in [2.45, 2.75) is 0 Å². The third kappa shape index (κ3) is 1.83. The number of fused-ring (bicyclic) bond motifs is 3. The van der Waals surface area contributed by atoms with Crippen LogP contribution in [-0.2, 0) is 0 Å². The van der Waals surface area contributed by atoms with Crippen molar-refractivity contribution in [3.05, 3.63) is 41.4 Å². The van der Waals surface area contributed by atoms with Crippen molar-refractivity contribution in [3.8, 4) is 0 Å². The van der Waals surface area contributed by atoms with Crippen LogP contribution in [0.3, 0.4) is 0 Å². The van der Waals surface area contributed by atoms with Gasteiger partial charge in [0, 0.05) is 19.8 Å². The van der Waals surface area contributed by atoms with E-state index in [-0.39, 0.29) is 0 Å². The molecule has 3 aromatic rings. The lowest BCUT2D eigenvalue weighted by atomic mass is 9.80. The van der Waals surface area contributed by atoms with E-state index in [9.17, 15) is 10.0 Å². The number of hydrogen-bond donors (Lipinski definition) is 2. The second-order valence-corrected chi connectivity index (χ2v) is 5.39. The summed E-state index contributed by atoms with van der Waals surface area (Å²) in [6.45, 7) is 0. The zero-order valence-corrected chi connectivity index (χ0v) is 10.3. The van der Waals surface area contributed by atoms with Crippen molar-refractivity contribution in [2.24, 2.45) is 0 Å². The molecule has 0 unspecified atom stereocenters. The highest BCUT2D eigenvalue weighted by atomic mass is 35.5. The molecule has 0 saturated carbocycles. The van der Waals surface area contributed by atoms with Crippen LogP contribution in [0.4, 0.5) is 0 Å². The Bertz CT molecular complexity index is 708. The average molecular weight is 263 g/mol. The molecule has 2 aromatic carbocycles. The molecule has 0 amide bonds. The van der Waals surface area contributed by atoms with Crippen molar-refractivity contribution in [3.63, 3.8) is 0 Å². The van der Waals surface area contributed by atoms with Gasteiger partial charge < -0.3 is 10.0 Å². The SMILES string of the molecule is OB(O)c1ccc2sc3cc(Cl)ccc3c2c1. The smallest absolute Gasteiger partial charge is 0.423 e. The first-order chi connectivity index (χ1) is 8.15. The quantitative estimate of drug-likeness (QED) is 0.661. The summed E-state index contributed by atoms with van der Waals surface area (Å²) in [4.78, 5) is 0. The van der Waals surface area contributed by atoms with Gasteiger partial charge in [0.05, 0.1) is 0 Å². The Hall–Kier alpha value is -1.07. The molecular formula is C12H8BClO2S. The van der Waals surface area contributed by atoms with Gasteiger partial charge in [0.2, 0.25) is 0 Å². The van der Waals surface area contributed by atoms with E-state index in [1.807, 2.05) is 30.3 Å². The third-order valence-electron chi connectivity index (χ3n) is 2.76. The maximum atomic E-state index is 9.17. The van der Waals surface area contributed by atoms with Gasteiger partial charge >= 0.3 is 7.12 Å². The van der Waals surface area contributed by atoms with Crippen molar-refractivity contribution in [2.75, 3.05) is 0 Å². The summed E-state index contributed by atoms with van der Waals surface area (Å²) >= 11 is 7.60. The van der Waals surface area contributed by atoms with Gasteiger partial charge in [-0.05, 0) is 29.0 Å². The topological polar surface area (TPSA) is 40.5 Å². The van der Waals surface area contributed by atoms with Gasteiger partial charge in [0.1, 0.15) is 0 Å². The molecule has 0 saturated heterocycles. The predicted octanol–water partition coefficient (Wildman–Crippen LogP) is 2.39. The highest BCUT2D eigenvalue weighted by Gasteiger charge is 2.13. The molecule has 0 spiro atoms. The fourth-order valence-corrected chi connectivity index (χ4v) is 3.29. The highest BCUT2D eigenvalue weighted by Crippen LogP contribution is 2.34. The Kier molecular flexibility index (Phi) is 2.60. The monoisotopic (exact) mass is 262 g/mol. The van der Waals surface area contributed by atoms with E-state index >= 15 is 0 Å². The van der Waals surface area contributed by atoms with Gasteiger partial charge in [-0.1, -0.05) is 29.8 Å². The van der Waals surface area contributed by atoms with E-state index in [4.69, 9.17) is 11.6 Å². The van der Waals surface area contributed by atoms with Crippen LogP contribution in [0.2, 0.25) is 5.02 Å². The lowest BCUT2D eigenvalue weighted by Gasteiger charge is -1.99. The third-order valence-corrected chi connectivity index (χ3v) is 4.12. The van der Waals surface area contributed by atoms with E-state index in [1.54, 1.807) is 17.4 Å². The van der Waals surface area contributed by atoms with Crippen molar-refractivity contribution >= 4 is 55.7 Å². The highest BCUT2D eigenvalue weighted by molar-refractivity contribution is 7.25. The molecule has 0 aliphatic heterocycles. The molecule has 0 aliphatic carbocycles. The van der Waals surface area contributed by atoms with Crippen LogP contribution in [0.5, 0.6) is 0 Å². The van der Waals surface area contributed by atoms with Gasteiger partial charge in [-0.3, -0.25) is 0 Å². The molecule has 84 valence electrons. The molecule has 0 radical (unpaired) electrons. The predicted molar refractivity (Wildman–Crippen MR) is 74.2 cm³/mol. The first kappa shape index (κ1) is 11.0. The first-order valence-electron chi connectivity index (χ1n) is 5.13. The molecule has 1 aromatic heterocycles. The molecule has 2 N–H and O–H groups in total. The van der Waals surface area contributed by atoms with Crippen LogP contribution in [-0.4, -0.2) is 17.2 Å². The number of halogens is 1. The Balaban J connectivity index is 2.37. The Morgan fingerprint density at radius 2 is 1.76 bits per heavy atom. The molecule has 0 bridgehead atoms. The van der Waals surface area contributed by atoms with Gasteiger partial charge in [0.25, 0.3) is 0 Å². The molecule has 3 rings (SSSR count). The fraction of sp³-hybridized carbons (Fsp3) is 0. The minimum absolute atomic E-state index is 0.507. The number of rotatable bonds is 1. The summed E-state index contributed by atoms with van der Waals surface area (Å²) in [6.07, 6.45) is 0. The summed E-state index contributed by atoms with van der Waals surface area (Å²) in [6, 6.07) is 11.2. The van der Waals surface area contributed by atoms with Crippen LogP contribution in [0.15, 0.2) is 36.4 Å². The second-order valence-electron chi connectivity index (χ2n) is 3.87. The molecule has 0 aliphatic rings. The average Bonchev–Trinajstić information content (AvgIpc) is 2.64. The minimum Gasteiger partial charge on any atom is -0.423 e. The van der Waals surface area contributed by atoms with Crippen molar-refractivity contribution < 1.29 is 10.0 Å². The van der Waals surface area contributed by atoms with Crippen molar-refractivity contribution in [1.29, 1.82) is 0 Å². The van der Waals surface area contributed by atoms with Crippen LogP contribution in [0.25, 0.3) is 20.2 Å². The van der Waals surface area contributed by atoms with Gasteiger partial charge in [-0.15, -0.1) is 11.3 Å². The molecule has 0 atom stereocenters. The number of thiophene rings is 1. The van der Waals surface area contributed by atoms with E-state index < -0.39 is 7.12 Å². The molecule has 17 heavy (non-hydrogen) atoms. The van der Waals surface area contributed by atoms with Gasteiger partial charge in [0.15, 0.2) is 0 Å². The van der Waals surface area contributed by atoms with E-state index in [1.165, 1.54) is 0 Å². The van der Waals surface area contributed by atoms with Gasteiger partial charge in [-0.25, -0.2) is 0 Å². The summed E-state index contributed by atoms with van der Waals surface area (Å²) in [7, 11) is -1.43. The maximum absolute atomic E-state index is 9.17. The zero-order chi connectivity index (χ0) is 12.0. The largest absolute Gasteiger partial charge is 0.488 e. The van der Waals surface area contributed by atoms with Crippen molar-refractivity contribution in [1.82, 2.24) is 0 Å². The number of benzene rings is 2. The van der Waals surface area contributed by atoms with Crippen LogP contribution < -0.4 is 5.46 Å². The molecule has 0 fully saturated rings. The van der Waals surface area contributed by atoms with E-state index in [0.29, 0.717) is 10.5 Å². The molecule has 2 nitrogen and oxygen atoms in total. The Morgan fingerprint density at radius 1 is 0.941 bits per heavy atom. The van der Waals surface area contributed by atoms with E-state index in [0.717, 1.165) is 20.2 Å². The Morgan fingerprint density at radius 3 is 2.53 bits per heavy atom. The summed E-state index contributed by atoms with van der Waals surface area (Å²) in [5, 5.41) is 21.2. The minimum atomic E-state index is -1.43. The molecule has 5 heteroatoms. The van der Waals surface area contributed by atoms with Crippen LogP contribution in [0, 0.1) is 0 Å².